The zero-order valence-electron chi connectivity index (χ0n) is 5.55. The van der Waals surface area contributed by atoms with Crippen LogP contribution in [-0.4, -0.2) is 15.3 Å². The van der Waals surface area contributed by atoms with Crippen molar-refractivity contribution >= 4 is 0 Å². The molecular formula is C6H10N2O. The first-order chi connectivity index (χ1) is 4.11. The number of aliphatic hydroxyl groups is 1. The lowest BCUT2D eigenvalue weighted by atomic mass is 10.0. The summed E-state index contributed by atoms with van der Waals surface area (Å²) in [6.45, 7) is 3.44. The number of rotatable bonds is 1. The van der Waals surface area contributed by atoms with Crippen LogP contribution >= 0.6 is 0 Å². The molecule has 0 aliphatic rings. The summed E-state index contributed by atoms with van der Waals surface area (Å²) >= 11 is 0. The molecule has 0 unspecified atom stereocenters. The van der Waals surface area contributed by atoms with Gasteiger partial charge in [-0.3, -0.25) is 5.10 Å². The summed E-state index contributed by atoms with van der Waals surface area (Å²) < 4.78 is 0. The lowest BCUT2D eigenvalue weighted by molar-refractivity contribution is 0.0786. The van der Waals surface area contributed by atoms with Gasteiger partial charge in [0.25, 0.3) is 0 Å². The Bertz CT molecular complexity index is 173. The minimum absolute atomic E-state index is 0.771. The van der Waals surface area contributed by atoms with Crippen LogP contribution in [0.5, 0.6) is 0 Å². The molecule has 0 fully saturated rings. The second-order valence-corrected chi connectivity index (χ2v) is 2.55. The number of H-pyrrole nitrogens is 1. The van der Waals surface area contributed by atoms with E-state index in [4.69, 9.17) is 0 Å². The van der Waals surface area contributed by atoms with Gasteiger partial charge in [-0.15, -0.1) is 0 Å². The Balaban J connectivity index is 2.90. The van der Waals surface area contributed by atoms with Gasteiger partial charge < -0.3 is 5.11 Å². The van der Waals surface area contributed by atoms with Crippen molar-refractivity contribution in [3.63, 3.8) is 0 Å². The molecule has 0 saturated carbocycles. The standard InChI is InChI=1S/C6H10N2O/c1-6(2,9)5-3-7-8-4-5/h3-4,9H,1-2H3,(H,7,8). The molecule has 1 aromatic rings. The van der Waals surface area contributed by atoms with E-state index in [0.29, 0.717) is 0 Å². The maximum absolute atomic E-state index is 9.32. The van der Waals surface area contributed by atoms with E-state index < -0.39 is 5.60 Å². The van der Waals surface area contributed by atoms with Crippen molar-refractivity contribution in [1.82, 2.24) is 10.2 Å². The fourth-order valence-corrected chi connectivity index (χ4v) is 0.585. The molecule has 1 rings (SSSR count). The second-order valence-electron chi connectivity index (χ2n) is 2.55. The molecule has 0 aliphatic carbocycles. The number of aromatic amines is 1. The molecule has 0 amide bonds. The van der Waals surface area contributed by atoms with E-state index in [2.05, 4.69) is 10.2 Å². The Labute approximate surface area is 53.7 Å². The molecule has 3 nitrogen and oxygen atoms in total. The van der Waals surface area contributed by atoms with E-state index in [9.17, 15) is 5.11 Å². The normalized spacial score (nSPS) is 11.9. The van der Waals surface area contributed by atoms with Crippen LogP contribution in [0.4, 0.5) is 0 Å². The summed E-state index contributed by atoms with van der Waals surface area (Å²) in [7, 11) is 0. The number of nitrogens with zero attached hydrogens (tertiary/aromatic N) is 1. The van der Waals surface area contributed by atoms with E-state index in [0.717, 1.165) is 5.56 Å². The summed E-state index contributed by atoms with van der Waals surface area (Å²) in [5.74, 6) is 0. The van der Waals surface area contributed by atoms with Crippen molar-refractivity contribution in [2.45, 2.75) is 19.4 Å². The fourth-order valence-electron chi connectivity index (χ4n) is 0.585. The molecule has 3 heteroatoms. The van der Waals surface area contributed by atoms with Crippen LogP contribution in [0.3, 0.4) is 0 Å². The lowest BCUT2D eigenvalue weighted by Crippen LogP contribution is -2.13. The molecule has 0 bridgehead atoms. The molecule has 9 heavy (non-hydrogen) atoms. The Morgan fingerprint density at radius 2 is 2.33 bits per heavy atom. The first-order valence-electron chi connectivity index (χ1n) is 2.82. The smallest absolute Gasteiger partial charge is 0.0870 e. The number of aromatic nitrogens is 2. The van der Waals surface area contributed by atoms with Crippen LogP contribution in [0.15, 0.2) is 12.4 Å². The molecule has 0 atom stereocenters. The van der Waals surface area contributed by atoms with E-state index in [1.165, 1.54) is 0 Å². The number of hydrogen-bond acceptors (Lipinski definition) is 2. The van der Waals surface area contributed by atoms with Crippen LogP contribution in [0.25, 0.3) is 0 Å². The van der Waals surface area contributed by atoms with Gasteiger partial charge >= 0.3 is 0 Å². The highest BCUT2D eigenvalue weighted by Gasteiger charge is 2.15. The first-order valence-corrected chi connectivity index (χ1v) is 2.82. The van der Waals surface area contributed by atoms with Gasteiger partial charge in [-0.1, -0.05) is 0 Å². The minimum Gasteiger partial charge on any atom is -0.386 e. The van der Waals surface area contributed by atoms with Crippen molar-refractivity contribution in [2.24, 2.45) is 0 Å². The summed E-state index contributed by atoms with van der Waals surface area (Å²) in [6, 6.07) is 0. The predicted molar refractivity (Wildman–Crippen MR) is 33.8 cm³/mol. The molecule has 50 valence electrons. The Morgan fingerprint density at radius 1 is 1.67 bits per heavy atom. The van der Waals surface area contributed by atoms with Crippen LogP contribution in [-0.2, 0) is 5.60 Å². The largest absolute Gasteiger partial charge is 0.386 e. The lowest BCUT2D eigenvalue weighted by Gasteiger charge is -2.13. The third-order valence-electron chi connectivity index (χ3n) is 1.20. The van der Waals surface area contributed by atoms with Gasteiger partial charge in [0.2, 0.25) is 0 Å². The number of hydrogen-bond donors (Lipinski definition) is 2. The minimum atomic E-state index is -0.771. The summed E-state index contributed by atoms with van der Waals surface area (Å²) in [5.41, 5.74) is 0.0370. The summed E-state index contributed by atoms with van der Waals surface area (Å²) in [4.78, 5) is 0. The van der Waals surface area contributed by atoms with Crippen molar-refractivity contribution in [3.8, 4) is 0 Å². The summed E-state index contributed by atoms with van der Waals surface area (Å²) in [5, 5.41) is 15.6. The molecular weight excluding hydrogens is 116 g/mol. The van der Waals surface area contributed by atoms with Crippen molar-refractivity contribution < 1.29 is 5.11 Å². The molecule has 0 aliphatic heterocycles. The quantitative estimate of drug-likeness (QED) is 0.580. The van der Waals surface area contributed by atoms with E-state index in [1.807, 2.05) is 0 Å². The highest BCUT2D eigenvalue weighted by atomic mass is 16.3. The summed E-state index contributed by atoms with van der Waals surface area (Å²) in [6.07, 6.45) is 3.29. The third kappa shape index (κ3) is 1.29. The van der Waals surface area contributed by atoms with Gasteiger partial charge in [0.15, 0.2) is 0 Å². The van der Waals surface area contributed by atoms with Crippen LogP contribution in [0, 0.1) is 0 Å². The first kappa shape index (κ1) is 6.29. The highest BCUT2D eigenvalue weighted by molar-refractivity contribution is 5.10. The van der Waals surface area contributed by atoms with Crippen molar-refractivity contribution in [2.75, 3.05) is 0 Å². The van der Waals surface area contributed by atoms with Gasteiger partial charge in [-0.05, 0) is 13.8 Å². The molecule has 2 N–H and O–H groups in total. The third-order valence-corrected chi connectivity index (χ3v) is 1.20. The van der Waals surface area contributed by atoms with E-state index in [-0.39, 0.29) is 0 Å². The average Bonchev–Trinajstić information content (AvgIpc) is 2.08. The molecule has 0 radical (unpaired) electrons. The van der Waals surface area contributed by atoms with E-state index in [1.54, 1.807) is 26.2 Å². The van der Waals surface area contributed by atoms with Gasteiger partial charge in [0, 0.05) is 11.8 Å². The topological polar surface area (TPSA) is 48.9 Å². The van der Waals surface area contributed by atoms with Crippen LogP contribution in [0.1, 0.15) is 19.4 Å². The van der Waals surface area contributed by atoms with E-state index >= 15 is 0 Å². The molecule has 1 aromatic heterocycles. The van der Waals surface area contributed by atoms with Gasteiger partial charge in [0.1, 0.15) is 0 Å². The number of nitrogens with one attached hydrogen (secondary N) is 1. The maximum atomic E-state index is 9.32. The maximum Gasteiger partial charge on any atom is 0.0870 e. The van der Waals surface area contributed by atoms with Crippen LogP contribution in [0.2, 0.25) is 0 Å². The van der Waals surface area contributed by atoms with Crippen molar-refractivity contribution in [1.29, 1.82) is 0 Å². The fraction of sp³-hybridized carbons (Fsp3) is 0.500. The SMILES string of the molecule is CC(C)(O)c1cn[nH]c1. The molecule has 1 heterocycles. The second kappa shape index (κ2) is 1.84. The zero-order chi connectivity index (χ0) is 6.91. The average molecular weight is 126 g/mol. The Morgan fingerprint density at radius 3 is 2.56 bits per heavy atom. The monoisotopic (exact) mass is 126 g/mol. The molecule has 0 spiro atoms. The van der Waals surface area contributed by atoms with Crippen molar-refractivity contribution in [3.05, 3.63) is 18.0 Å². The van der Waals surface area contributed by atoms with Gasteiger partial charge in [-0.25, -0.2) is 0 Å². The van der Waals surface area contributed by atoms with Gasteiger partial charge in [0.05, 0.1) is 11.8 Å². The van der Waals surface area contributed by atoms with Crippen LogP contribution < -0.4 is 0 Å². The molecule has 0 aromatic carbocycles. The highest BCUT2D eigenvalue weighted by Crippen LogP contribution is 2.16. The molecule has 0 saturated heterocycles. The Kier molecular flexibility index (Phi) is 1.29. The predicted octanol–water partition coefficient (Wildman–Crippen LogP) is 0.637. The zero-order valence-corrected chi connectivity index (χ0v) is 5.55. The van der Waals surface area contributed by atoms with Gasteiger partial charge in [-0.2, -0.15) is 5.10 Å². The Hall–Kier alpha value is -0.830.